The van der Waals surface area contributed by atoms with Crippen LogP contribution in [0.4, 0.5) is 11.4 Å². The van der Waals surface area contributed by atoms with Gasteiger partial charge in [0, 0.05) is 5.69 Å². The van der Waals surface area contributed by atoms with Gasteiger partial charge in [-0.2, -0.15) is 5.26 Å². The van der Waals surface area contributed by atoms with Crippen molar-refractivity contribution in [2.24, 2.45) is 0 Å². The fraction of sp³-hybridized carbons (Fsp3) is 0.286. The molecule has 0 aromatic heterocycles. The van der Waals surface area contributed by atoms with Crippen LogP contribution in [0.15, 0.2) is 42.5 Å². The van der Waals surface area contributed by atoms with Crippen molar-refractivity contribution in [3.8, 4) is 6.07 Å². The third-order valence-electron chi connectivity index (χ3n) is 4.48. The van der Waals surface area contributed by atoms with Gasteiger partial charge in [-0.05, 0) is 51.1 Å². The summed E-state index contributed by atoms with van der Waals surface area (Å²) in [6.07, 6.45) is 0. The number of nitrogens with one attached hydrogen (secondary N) is 2. The Morgan fingerprint density at radius 1 is 1.07 bits per heavy atom. The molecular weight excluding hydrogens is 340 g/mol. The Bertz CT molecular complexity index is 866. The normalized spacial score (nSPS) is 11.6. The molecule has 0 bridgehead atoms. The molecule has 0 aliphatic heterocycles. The number of anilines is 2. The number of aryl methyl sites for hydroxylation is 2. The number of likely N-dealkylation sites (N-methyl/N-ethyl adjacent to an activating group) is 1. The second-order valence-corrected chi connectivity index (χ2v) is 6.55. The minimum Gasteiger partial charge on any atom is -0.324 e. The molecule has 6 nitrogen and oxygen atoms in total. The van der Waals surface area contributed by atoms with E-state index in [-0.39, 0.29) is 18.4 Å². The van der Waals surface area contributed by atoms with Gasteiger partial charge in [0.1, 0.15) is 6.07 Å². The number of benzene rings is 2. The third-order valence-corrected chi connectivity index (χ3v) is 4.48. The van der Waals surface area contributed by atoms with E-state index in [1.165, 1.54) is 0 Å². The number of rotatable bonds is 6. The van der Waals surface area contributed by atoms with E-state index in [9.17, 15) is 9.59 Å². The van der Waals surface area contributed by atoms with Crippen molar-refractivity contribution in [3.05, 3.63) is 59.2 Å². The van der Waals surface area contributed by atoms with Crippen molar-refractivity contribution in [2.45, 2.75) is 26.8 Å². The van der Waals surface area contributed by atoms with Gasteiger partial charge >= 0.3 is 0 Å². The molecule has 2 N–H and O–H groups in total. The van der Waals surface area contributed by atoms with Gasteiger partial charge in [0.25, 0.3) is 0 Å². The van der Waals surface area contributed by atoms with Crippen LogP contribution in [-0.4, -0.2) is 36.3 Å². The summed E-state index contributed by atoms with van der Waals surface area (Å²) in [6, 6.07) is 14.1. The molecule has 0 unspecified atom stereocenters. The first kappa shape index (κ1) is 20.1. The molecule has 27 heavy (non-hydrogen) atoms. The highest BCUT2D eigenvalue weighted by Crippen LogP contribution is 2.19. The van der Waals surface area contributed by atoms with E-state index >= 15 is 0 Å². The van der Waals surface area contributed by atoms with Crippen LogP contribution in [-0.2, 0) is 9.59 Å². The zero-order chi connectivity index (χ0) is 20.0. The summed E-state index contributed by atoms with van der Waals surface area (Å²) in [4.78, 5) is 26.5. The van der Waals surface area contributed by atoms with Gasteiger partial charge < -0.3 is 10.6 Å². The van der Waals surface area contributed by atoms with E-state index in [0.717, 1.165) is 16.8 Å². The van der Waals surface area contributed by atoms with Gasteiger partial charge in [0.15, 0.2) is 0 Å². The fourth-order valence-corrected chi connectivity index (χ4v) is 2.68. The Hall–Kier alpha value is -3.17. The molecule has 0 radical (unpaired) electrons. The minimum absolute atomic E-state index is 0.0717. The minimum atomic E-state index is -0.541. The lowest BCUT2D eigenvalue weighted by Gasteiger charge is -2.24. The van der Waals surface area contributed by atoms with Crippen molar-refractivity contribution in [2.75, 3.05) is 24.2 Å². The maximum absolute atomic E-state index is 12.5. The fourth-order valence-electron chi connectivity index (χ4n) is 2.68. The molecule has 2 aromatic rings. The molecule has 0 saturated heterocycles. The van der Waals surface area contributed by atoms with E-state index in [1.54, 1.807) is 43.1 Å². The summed E-state index contributed by atoms with van der Waals surface area (Å²) in [7, 11) is 1.71. The van der Waals surface area contributed by atoms with E-state index in [1.807, 2.05) is 38.1 Å². The molecule has 140 valence electrons. The largest absolute Gasteiger partial charge is 0.324 e. The monoisotopic (exact) mass is 364 g/mol. The van der Waals surface area contributed by atoms with Crippen molar-refractivity contribution in [1.82, 2.24) is 4.90 Å². The molecule has 2 aromatic carbocycles. The molecule has 0 aliphatic carbocycles. The van der Waals surface area contributed by atoms with Gasteiger partial charge in [-0.25, -0.2) is 0 Å². The summed E-state index contributed by atoms with van der Waals surface area (Å²) in [5.41, 5.74) is 3.64. The van der Waals surface area contributed by atoms with E-state index in [2.05, 4.69) is 10.6 Å². The quantitative estimate of drug-likeness (QED) is 0.825. The molecule has 2 rings (SSSR count). The van der Waals surface area contributed by atoms with Gasteiger partial charge in [-0.15, -0.1) is 0 Å². The van der Waals surface area contributed by atoms with Gasteiger partial charge in [0.05, 0.1) is 23.8 Å². The maximum atomic E-state index is 12.5. The first-order valence-corrected chi connectivity index (χ1v) is 8.69. The van der Waals surface area contributed by atoms with Crippen LogP contribution in [0.2, 0.25) is 0 Å². The number of hydrogen-bond donors (Lipinski definition) is 2. The molecule has 2 amide bonds. The Morgan fingerprint density at radius 2 is 1.70 bits per heavy atom. The number of amides is 2. The summed E-state index contributed by atoms with van der Waals surface area (Å²) in [5, 5.41) is 14.8. The molecule has 6 heteroatoms. The topological polar surface area (TPSA) is 85.2 Å². The SMILES string of the molecule is Cc1cccc(C)c1NC(=O)CN(C)[C@H](C)C(=O)Nc1ccccc1C#N. The van der Waals surface area contributed by atoms with Crippen LogP contribution in [0.3, 0.4) is 0 Å². The van der Waals surface area contributed by atoms with Crippen LogP contribution in [0.5, 0.6) is 0 Å². The Balaban J connectivity index is 1.98. The van der Waals surface area contributed by atoms with Crippen LogP contribution >= 0.6 is 0 Å². The number of carbonyl (C=O) groups is 2. The Kier molecular flexibility index (Phi) is 6.69. The standard InChI is InChI=1S/C21H24N4O2/c1-14-8-7-9-15(2)20(14)24-19(26)13-25(4)16(3)21(27)23-18-11-6-5-10-17(18)12-22/h5-11,16H,13H2,1-4H3,(H,23,27)(H,24,26)/t16-/m1/s1. The summed E-state index contributed by atoms with van der Waals surface area (Å²) in [6.45, 7) is 5.67. The highest BCUT2D eigenvalue weighted by molar-refractivity contribution is 5.97. The van der Waals surface area contributed by atoms with Crippen molar-refractivity contribution in [3.63, 3.8) is 0 Å². The van der Waals surface area contributed by atoms with Gasteiger partial charge in [-0.1, -0.05) is 30.3 Å². The molecule has 0 fully saturated rings. The Labute approximate surface area is 159 Å². The summed E-state index contributed by atoms with van der Waals surface area (Å²) in [5.74, 6) is -0.466. The Morgan fingerprint density at radius 3 is 2.33 bits per heavy atom. The predicted octanol–water partition coefficient (Wildman–Crippen LogP) is 3.07. The second-order valence-electron chi connectivity index (χ2n) is 6.55. The van der Waals surface area contributed by atoms with E-state index in [0.29, 0.717) is 11.3 Å². The number of para-hydroxylation sites is 2. The van der Waals surface area contributed by atoms with Crippen LogP contribution in [0.1, 0.15) is 23.6 Å². The number of hydrogen-bond acceptors (Lipinski definition) is 4. The number of nitrogens with zero attached hydrogens (tertiary/aromatic N) is 2. The van der Waals surface area contributed by atoms with E-state index < -0.39 is 6.04 Å². The molecule has 0 heterocycles. The lowest BCUT2D eigenvalue weighted by molar-refractivity contribution is -0.122. The zero-order valence-corrected chi connectivity index (χ0v) is 16.0. The molecule has 0 saturated carbocycles. The highest BCUT2D eigenvalue weighted by atomic mass is 16.2. The molecule has 1 atom stereocenters. The molecular formula is C21H24N4O2. The van der Waals surface area contributed by atoms with Crippen LogP contribution in [0.25, 0.3) is 0 Å². The first-order chi connectivity index (χ1) is 12.8. The lowest BCUT2D eigenvalue weighted by atomic mass is 10.1. The molecule has 0 spiro atoms. The summed E-state index contributed by atoms with van der Waals surface area (Å²) < 4.78 is 0. The van der Waals surface area contributed by atoms with Crippen molar-refractivity contribution < 1.29 is 9.59 Å². The zero-order valence-electron chi connectivity index (χ0n) is 16.0. The first-order valence-electron chi connectivity index (χ1n) is 8.69. The second kappa shape index (κ2) is 8.97. The smallest absolute Gasteiger partial charge is 0.241 e. The highest BCUT2D eigenvalue weighted by Gasteiger charge is 2.21. The number of nitriles is 1. The van der Waals surface area contributed by atoms with Crippen molar-refractivity contribution >= 4 is 23.2 Å². The molecule has 0 aliphatic rings. The number of carbonyl (C=O) groups excluding carboxylic acids is 2. The third kappa shape index (κ3) is 5.16. The van der Waals surface area contributed by atoms with Gasteiger partial charge in [0.2, 0.25) is 11.8 Å². The average molecular weight is 364 g/mol. The van der Waals surface area contributed by atoms with E-state index in [4.69, 9.17) is 5.26 Å². The maximum Gasteiger partial charge on any atom is 0.241 e. The van der Waals surface area contributed by atoms with Gasteiger partial charge in [-0.3, -0.25) is 14.5 Å². The van der Waals surface area contributed by atoms with Crippen LogP contribution in [0, 0.1) is 25.2 Å². The van der Waals surface area contributed by atoms with Crippen LogP contribution < -0.4 is 10.6 Å². The average Bonchev–Trinajstić information content (AvgIpc) is 2.64. The predicted molar refractivity (Wildman–Crippen MR) is 106 cm³/mol. The van der Waals surface area contributed by atoms with Crippen molar-refractivity contribution in [1.29, 1.82) is 5.26 Å². The summed E-state index contributed by atoms with van der Waals surface area (Å²) >= 11 is 0. The lowest BCUT2D eigenvalue weighted by Crippen LogP contribution is -2.43.